The fourth-order valence-corrected chi connectivity index (χ4v) is 3.85. The first kappa shape index (κ1) is 22.7. The van der Waals surface area contributed by atoms with Crippen LogP contribution in [0.5, 0.6) is 5.75 Å². The van der Waals surface area contributed by atoms with Gasteiger partial charge in [-0.25, -0.2) is 9.38 Å². The van der Waals surface area contributed by atoms with E-state index in [1.54, 1.807) is 12.1 Å². The van der Waals surface area contributed by atoms with Crippen molar-refractivity contribution in [3.05, 3.63) is 30.1 Å². The number of amides is 1. The fourth-order valence-electron chi connectivity index (χ4n) is 3.85. The number of piperidine rings is 1. The van der Waals surface area contributed by atoms with Crippen molar-refractivity contribution in [3.63, 3.8) is 0 Å². The highest BCUT2D eigenvalue weighted by Gasteiger charge is 2.42. The fraction of sp³-hybridized carbons (Fsp3) is 0.600. The van der Waals surface area contributed by atoms with E-state index in [4.69, 9.17) is 9.73 Å². The molecule has 1 amide bonds. The minimum atomic E-state index is -0.277. The van der Waals surface area contributed by atoms with E-state index < -0.39 is 0 Å². The van der Waals surface area contributed by atoms with E-state index in [-0.39, 0.29) is 47.2 Å². The van der Waals surface area contributed by atoms with Crippen LogP contribution in [-0.2, 0) is 4.79 Å². The van der Waals surface area contributed by atoms with Gasteiger partial charge in [0.25, 0.3) is 0 Å². The van der Waals surface area contributed by atoms with Crippen LogP contribution in [0, 0.1) is 11.2 Å². The molecule has 8 heteroatoms. The first-order valence-corrected chi connectivity index (χ1v) is 9.72. The van der Waals surface area contributed by atoms with Gasteiger partial charge in [-0.05, 0) is 51.0 Å². The molecular formula is C20H30FIN4O2. The Morgan fingerprint density at radius 1 is 1.43 bits per heavy atom. The molecule has 2 N–H and O–H groups in total. The van der Waals surface area contributed by atoms with E-state index in [1.165, 1.54) is 12.1 Å². The van der Waals surface area contributed by atoms with Crippen molar-refractivity contribution in [2.75, 3.05) is 32.7 Å². The predicted octanol–water partition coefficient (Wildman–Crippen LogP) is 2.78. The van der Waals surface area contributed by atoms with Gasteiger partial charge in [0.1, 0.15) is 17.7 Å². The van der Waals surface area contributed by atoms with Crippen molar-refractivity contribution in [3.8, 4) is 5.75 Å². The molecule has 2 aliphatic heterocycles. The van der Waals surface area contributed by atoms with Crippen LogP contribution in [-0.4, -0.2) is 55.6 Å². The lowest BCUT2D eigenvalue weighted by atomic mass is 9.79. The molecule has 0 aromatic heterocycles. The normalized spacial score (nSPS) is 23.2. The minimum Gasteiger partial charge on any atom is -0.489 e. The third-order valence-corrected chi connectivity index (χ3v) is 5.14. The van der Waals surface area contributed by atoms with E-state index in [2.05, 4.69) is 15.5 Å². The summed E-state index contributed by atoms with van der Waals surface area (Å²) in [7, 11) is 0. The van der Waals surface area contributed by atoms with Crippen molar-refractivity contribution in [1.82, 2.24) is 15.5 Å². The summed E-state index contributed by atoms with van der Waals surface area (Å²) in [4.78, 5) is 18.7. The lowest BCUT2D eigenvalue weighted by Crippen LogP contribution is -2.51. The second kappa shape index (κ2) is 10.3. The van der Waals surface area contributed by atoms with Gasteiger partial charge in [-0.1, -0.05) is 0 Å². The number of halogens is 2. The van der Waals surface area contributed by atoms with Crippen LogP contribution in [0.15, 0.2) is 29.3 Å². The van der Waals surface area contributed by atoms with E-state index in [0.29, 0.717) is 18.7 Å². The molecule has 1 aromatic rings. The molecule has 0 bridgehead atoms. The smallest absolute Gasteiger partial charge is 0.220 e. The number of guanidine groups is 1. The van der Waals surface area contributed by atoms with Crippen molar-refractivity contribution < 1.29 is 13.9 Å². The van der Waals surface area contributed by atoms with Crippen LogP contribution >= 0.6 is 24.0 Å². The summed E-state index contributed by atoms with van der Waals surface area (Å²) in [6, 6.07) is 6.03. The largest absolute Gasteiger partial charge is 0.489 e. The van der Waals surface area contributed by atoms with Crippen LogP contribution < -0.4 is 15.4 Å². The average molecular weight is 504 g/mol. The number of nitrogens with one attached hydrogen (secondary N) is 2. The van der Waals surface area contributed by atoms with E-state index in [9.17, 15) is 9.18 Å². The monoisotopic (exact) mass is 504 g/mol. The van der Waals surface area contributed by atoms with Gasteiger partial charge in [-0.3, -0.25) is 4.79 Å². The van der Waals surface area contributed by atoms with Crippen LogP contribution in [0.1, 0.15) is 33.1 Å². The number of aliphatic imine (C=N–C) groups is 1. The maximum atomic E-state index is 13.0. The van der Waals surface area contributed by atoms with Gasteiger partial charge in [0, 0.05) is 38.0 Å². The topological polar surface area (TPSA) is 66.0 Å². The molecule has 0 aliphatic carbocycles. The third kappa shape index (κ3) is 5.96. The summed E-state index contributed by atoms with van der Waals surface area (Å²) in [5, 5.41) is 6.34. The molecule has 1 aromatic carbocycles. The second-order valence-corrected chi connectivity index (χ2v) is 7.56. The Hall–Kier alpha value is -1.58. The number of likely N-dealkylation sites (tertiary alicyclic amines) is 1. The SMILES string of the molecule is CCNC(=NCC(C)Oc1ccc(F)cc1)N1CCCC2(CNC(=O)C2)C1.I. The van der Waals surface area contributed by atoms with Gasteiger partial charge in [0.15, 0.2) is 5.96 Å². The number of nitrogens with zero attached hydrogens (tertiary/aromatic N) is 2. The van der Waals surface area contributed by atoms with Gasteiger partial charge < -0.3 is 20.3 Å². The zero-order valence-electron chi connectivity index (χ0n) is 16.5. The molecule has 3 rings (SSSR count). The predicted molar refractivity (Wildman–Crippen MR) is 119 cm³/mol. The number of hydrogen-bond donors (Lipinski definition) is 2. The van der Waals surface area contributed by atoms with E-state index in [0.717, 1.165) is 45.0 Å². The molecule has 156 valence electrons. The highest BCUT2D eigenvalue weighted by molar-refractivity contribution is 14.0. The standard InChI is InChI=1S/C20H29FN4O2.HI/c1-3-22-19(23-12-15(2)27-17-7-5-16(21)6-8-17)25-10-4-9-20(14-25)11-18(26)24-13-20;/h5-8,15H,3-4,9-14H2,1-2H3,(H,22,23)(H,24,26);1H. The molecule has 6 nitrogen and oxygen atoms in total. The van der Waals surface area contributed by atoms with Crippen LogP contribution in [0.25, 0.3) is 0 Å². The summed E-state index contributed by atoms with van der Waals surface area (Å²) < 4.78 is 18.8. The van der Waals surface area contributed by atoms with Gasteiger partial charge in [-0.15, -0.1) is 24.0 Å². The molecule has 2 saturated heterocycles. The third-order valence-electron chi connectivity index (χ3n) is 5.14. The van der Waals surface area contributed by atoms with Gasteiger partial charge in [0.2, 0.25) is 5.91 Å². The summed E-state index contributed by atoms with van der Waals surface area (Å²) >= 11 is 0. The van der Waals surface area contributed by atoms with Crippen molar-refractivity contribution >= 4 is 35.8 Å². The van der Waals surface area contributed by atoms with Gasteiger partial charge >= 0.3 is 0 Å². The van der Waals surface area contributed by atoms with Crippen molar-refractivity contribution in [2.45, 2.75) is 39.2 Å². The Bertz CT molecular complexity index is 685. The molecule has 0 radical (unpaired) electrons. The number of ether oxygens (including phenoxy) is 1. The number of rotatable bonds is 5. The first-order valence-electron chi connectivity index (χ1n) is 9.72. The summed E-state index contributed by atoms with van der Waals surface area (Å²) in [5.74, 6) is 1.38. The Kier molecular flexibility index (Phi) is 8.33. The van der Waals surface area contributed by atoms with Gasteiger partial charge in [-0.2, -0.15) is 0 Å². The number of hydrogen-bond acceptors (Lipinski definition) is 3. The Morgan fingerprint density at radius 2 is 2.18 bits per heavy atom. The molecular weight excluding hydrogens is 474 g/mol. The van der Waals surface area contributed by atoms with Crippen LogP contribution in [0.2, 0.25) is 0 Å². The first-order chi connectivity index (χ1) is 13.0. The molecule has 2 unspecified atom stereocenters. The highest BCUT2D eigenvalue weighted by Crippen LogP contribution is 2.36. The Morgan fingerprint density at radius 3 is 2.82 bits per heavy atom. The minimum absolute atomic E-state index is 0. The lowest BCUT2D eigenvalue weighted by molar-refractivity contribution is -0.119. The quantitative estimate of drug-likeness (QED) is 0.368. The van der Waals surface area contributed by atoms with Crippen molar-refractivity contribution in [1.29, 1.82) is 0 Å². The summed E-state index contributed by atoms with van der Waals surface area (Å²) in [6.45, 7) is 7.82. The zero-order valence-corrected chi connectivity index (χ0v) is 18.9. The van der Waals surface area contributed by atoms with Crippen LogP contribution in [0.3, 0.4) is 0 Å². The maximum Gasteiger partial charge on any atom is 0.220 e. The van der Waals surface area contributed by atoms with E-state index in [1.807, 2.05) is 13.8 Å². The van der Waals surface area contributed by atoms with E-state index >= 15 is 0 Å². The van der Waals surface area contributed by atoms with Crippen LogP contribution in [0.4, 0.5) is 4.39 Å². The van der Waals surface area contributed by atoms with Gasteiger partial charge in [0.05, 0.1) is 6.54 Å². The number of benzene rings is 1. The molecule has 2 atom stereocenters. The Labute approximate surface area is 183 Å². The molecule has 2 aliphatic rings. The Balaban J connectivity index is 0.00000280. The summed E-state index contributed by atoms with van der Waals surface area (Å²) in [5.41, 5.74) is 0.0295. The molecule has 2 fully saturated rings. The highest BCUT2D eigenvalue weighted by atomic mass is 127. The lowest BCUT2D eigenvalue weighted by Gasteiger charge is -2.40. The molecule has 0 saturated carbocycles. The molecule has 2 heterocycles. The second-order valence-electron chi connectivity index (χ2n) is 7.56. The number of carbonyl (C=O) groups excluding carboxylic acids is 1. The zero-order chi connectivity index (χ0) is 19.3. The molecule has 1 spiro atoms. The summed E-state index contributed by atoms with van der Waals surface area (Å²) in [6.07, 6.45) is 2.61. The number of carbonyl (C=O) groups is 1. The van der Waals surface area contributed by atoms with Crippen molar-refractivity contribution in [2.24, 2.45) is 10.4 Å². The molecule has 28 heavy (non-hydrogen) atoms. The average Bonchev–Trinajstić information content (AvgIpc) is 3.00. The maximum absolute atomic E-state index is 13.0.